The Labute approximate surface area is 203 Å². The summed E-state index contributed by atoms with van der Waals surface area (Å²) in [6.45, 7) is 12.5. The molecule has 0 heterocycles. The molecule has 0 saturated carbocycles. The van der Waals surface area contributed by atoms with E-state index < -0.39 is 11.5 Å². The molecule has 0 aliphatic heterocycles. The van der Waals surface area contributed by atoms with Crippen LogP contribution in [-0.2, 0) is 25.5 Å². The largest absolute Gasteiger partial charge is 0.463 e. The van der Waals surface area contributed by atoms with Crippen molar-refractivity contribution in [3.63, 3.8) is 0 Å². The molecule has 0 bridgehead atoms. The molecule has 0 radical (unpaired) electrons. The van der Waals surface area contributed by atoms with Crippen LogP contribution in [-0.4, -0.2) is 47.7 Å². The fraction of sp³-hybridized carbons (Fsp3) is 0.519. The molecule has 2 amide bonds. The van der Waals surface area contributed by atoms with E-state index >= 15 is 0 Å². The zero-order valence-electron chi connectivity index (χ0n) is 20.7. The first kappa shape index (κ1) is 29.1. The van der Waals surface area contributed by atoms with Gasteiger partial charge in [-0.1, -0.05) is 42.5 Å². The van der Waals surface area contributed by atoms with Gasteiger partial charge in [0, 0.05) is 12.5 Å². The van der Waals surface area contributed by atoms with Crippen molar-refractivity contribution in [2.45, 2.75) is 64.5 Å². The summed E-state index contributed by atoms with van der Waals surface area (Å²) in [6.07, 6.45) is 5.57. The van der Waals surface area contributed by atoms with Crippen LogP contribution in [0.4, 0.5) is 0 Å². The molecule has 0 fully saturated rings. The molecular formula is C27H40N2O5. The molecule has 7 nitrogen and oxygen atoms in total. The number of aliphatic hydroxyl groups excluding tert-OH is 1. The van der Waals surface area contributed by atoms with Gasteiger partial charge in [-0.25, -0.2) is 0 Å². The molecule has 1 aromatic carbocycles. The maximum atomic E-state index is 12.9. The number of carbonyl (C=O) groups is 3. The fourth-order valence-corrected chi connectivity index (χ4v) is 3.45. The van der Waals surface area contributed by atoms with Crippen molar-refractivity contribution in [1.29, 1.82) is 0 Å². The standard InChI is InChI=1S/C27H40N2O5/c1-6-8-15-23(16-21-13-10-9-11-14-21)26(33)34-19-27(4,5)29-25(32)22(12-7-2)17-24(31)28-20(3)18-30/h6-7,9-11,13-14,20,22-23,30H,1-2,8,12,15-19H2,3-5H3,(H,28,31)(H,29,32)/t20-,22-,23-/m1/s1. The van der Waals surface area contributed by atoms with Crippen LogP contribution in [0.25, 0.3) is 0 Å². The predicted molar refractivity (Wildman–Crippen MR) is 134 cm³/mol. The van der Waals surface area contributed by atoms with Crippen LogP contribution >= 0.6 is 0 Å². The Kier molecular flexibility index (Phi) is 12.9. The topological polar surface area (TPSA) is 105 Å². The molecule has 34 heavy (non-hydrogen) atoms. The quantitative estimate of drug-likeness (QED) is 0.253. The Bertz CT molecular complexity index is 806. The van der Waals surface area contributed by atoms with E-state index in [2.05, 4.69) is 23.8 Å². The Morgan fingerprint density at radius 3 is 2.38 bits per heavy atom. The molecule has 7 heteroatoms. The third-order valence-electron chi connectivity index (χ3n) is 5.35. The maximum absolute atomic E-state index is 12.9. The zero-order chi connectivity index (χ0) is 25.6. The lowest BCUT2D eigenvalue weighted by Crippen LogP contribution is -2.50. The van der Waals surface area contributed by atoms with E-state index in [-0.39, 0.29) is 49.4 Å². The van der Waals surface area contributed by atoms with Crippen molar-refractivity contribution in [2.75, 3.05) is 13.2 Å². The molecule has 0 saturated heterocycles. The molecule has 0 spiro atoms. The average Bonchev–Trinajstić information content (AvgIpc) is 2.80. The third-order valence-corrected chi connectivity index (χ3v) is 5.35. The summed E-state index contributed by atoms with van der Waals surface area (Å²) in [7, 11) is 0. The van der Waals surface area contributed by atoms with Gasteiger partial charge in [0.15, 0.2) is 0 Å². The van der Waals surface area contributed by atoms with Crippen LogP contribution in [0.5, 0.6) is 0 Å². The summed E-state index contributed by atoms with van der Waals surface area (Å²) < 4.78 is 5.61. The summed E-state index contributed by atoms with van der Waals surface area (Å²) in [5, 5.41) is 14.6. The number of allylic oxidation sites excluding steroid dienone is 2. The Morgan fingerprint density at radius 1 is 1.12 bits per heavy atom. The normalized spacial score (nSPS) is 13.8. The molecule has 0 aliphatic rings. The number of hydrogen-bond acceptors (Lipinski definition) is 5. The van der Waals surface area contributed by atoms with Gasteiger partial charge in [0.2, 0.25) is 11.8 Å². The zero-order valence-corrected chi connectivity index (χ0v) is 20.7. The van der Waals surface area contributed by atoms with E-state index in [1.807, 2.05) is 30.3 Å². The molecule has 3 N–H and O–H groups in total. The number of amides is 2. The molecule has 0 aliphatic carbocycles. The van der Waals surface area contributed by atoms with Crippen LogP contribution in [0, 0.1) is 11.8 Å². The van der Waals surface area contributed by atoms with E-state index in [1.54, 1.807) is 32.9 Å². The monoisotopic (exact) mass is 472 g/mol. The molecule has 0 aromatic heterocycles. The summed E-state index contributed by atoms with van der Waals surface area (Å²) in [5.74, 6) is -1.87. The second-order valence-electron chi connectivity index (χ2n) is 9.31. The lowest BCUT2D eigenvalue weighted by atomic mass is 9.94. The van der Waals surface area contributed by atoms with Gasteiger partial charge in [0.05, 0.1) is 24.0 Å². The molecule has 188 valence electrons. The lowest BCUT2D eigenvalue weighted by Gasteiger charge is -2.29. The van der Waals surface area contributed by atoms with Crippen molar-refractivity contribution in [3.05, 3.63) is 61.2 Å². The SMILES string of the molecule is C=CCC[C@H](Cc1ccccc1)C(=O)OCC(C)(C)NC(=O)[C@H](CC=C)CC(=O)N[C@H](C)CO. The van der Waals surface area contributed by atoms with Gasteiger partial charge < -0.3 is 20.5 Å². The van der Waals surface area contributed by atoms with Crippen molar-refractivity contribution < 1.29 is 24.2 Å². The minimum atomic E-state index is -0.823. The van der Waals surface area contributed by atoms with Crippen LogP contribution in [0.15, 0.2) is 55.6 Å². The second kappa shape index (κ2) is 15.1. The summed E-state index contributed by atoms with van der Waals surface area (Å²) in [5.41, 5.74) is 0.235. The molecule has 1 rings (SSSR count). The number of rotatable bonds is 16. The van der Waals surface area contributed by atoms with Crippen LogP contribution in [0.3, 0.4) is 0 Å². The Balaban J connectivity index is 2.71. The summed E-state index contributed by atoms with van der Waals surface area (Å²) in [6, 6.07) is 9.39. The third kappa shape index (κ3) is 11.3. The number of hydrogen-bond donors (Lipinski definition) is 3. The minimum Gasteiger partial charge on any atom is -0.463 e. The van der Waals surface area contributed by atoms with Gasteiger partial charge in [0.25, 0.3) is 0 Å². The fourth-order valence-electron chi connectivity index (χ4n) is 3.45. The van der Waals surface area contributed by atoms with Gasteiger partial charge in [0.1, 0.15) is 6.61 Å². The van der Waals surface area contributed by atoms with Gasteiger partial charge in [-0.2, -0.15) is 0 Å². The number of aliphatic hydroxyl groups is 1. The van der Waals surface area contributed by atoms with Gasteiger partial charge >= 0.3 is 5.97 Å². The smallest absolute Gasteiger partial charge is 0.309 e. The molecule has 0 unspecified atom stereocenters. The summed E-state index contributed by atoms with van der Waals surface area (Å²) >= 11 is 0. The lowest BCUT2D eigenvalue weighted by molar-refractivity contribution is -0.151. The summed E-state index contributed by atoms with van der Waals surface area (Å²) in [4.78, 5) is 37.9. The van der Waals surface area contributed by atoms with E-state index in [1.165, 1.54) is 0 Å². The van der Waals surface area contributed by atoms with Crippen molar-refractivity contribution >= 4 is 17.8 Å². The molecular weight excluding hydrogens is 432 g/mol. The number of nitrogens with one attached hydrogen (secondary N) is 2. The van der Waals surface area contributed by atoms with Gasteiger partial charge in [-0.15, -0.1) is 13.2 Å². The van der Waals surface area contributed by atoms with Gasteiger partial charge in [-0.05, 0) is 52.0 Å². The maximum Gasteiger partial charge on any atom is 0.309 e. The Morgan fingerprint density at radius 2 is 1.79 bits per heavy atom. The van der Waals surface area contributed by atoms with Crippen molar-refractivity contribution in [2.24, 2.45) is 11.8 Å². The minimum absolute atomic E-state index is 0.00546. The second-order valence-corrected chi connectivity index (χ2v) is 9.31. The Hall–Kier alpha value is -2.93. The van der Waals surface area contributed by atoms with E-state index in [0.29, 0.717) is 25.7 Å². The first-order chi connectivity index (χ1) is 16.1. The van der Waals surface area contributed by atoms with Crippen LogP contribution < -0.4 is 10.6 Å². The van der Waals surface area contributed by atoms with E-state index in [4.69, 9.17) is 9.84 Å². The van der Waals surface area contributed by atoms with Crippen LogP contribution in [0.2, 0.25) is 0 Å². The first-order valence-corrected chi connectivity index (χ1v) is 11.8. The first-order valence-electron chi connectivity index (χ1n) is 11.8. The highest BCUT2D eigenvalue weighted by atomic mass is 16.5. The van der Waals surface area contributed by atoms with E-state index in [0.717, 1.165) is 5.56 Å². The number of carbonyl (C=O) groups excluding carboxylic acids is 3. The van der Waals surface area contributed by atoms with Gasteiger partial charge in [-0.3, -0.25) is 14.4 Å². The average molecular weight is 473 g/mol. The highest BCUT2D eigenvalue weighted by Crippen LogP contribution is 2.18. The number of esters is 1. The van der Waals surface area contributed by atoms with Crippen LogP contribution in [0.1, 0.15) is 52.0 Å². The molecule has 1 aromatic rings. The molecule has 3 atom stereocenters. The highest BCUT2D eigenvalue weighted by molar-refractivity contribution is 5.86. The van der Waals surface area contributed by atoms with E-state index in [9.17, 15) is 14.4 Å². The number of benzene rings is 1. The highest BCUT2D eigenvalue weighted by Gasteiger charge is 2.29. The predicted octanol–water partition coefficient (Wildman–Crippen LogP) is 3.33. The van der Waals surface area contributed by atoms with Crippen molar-refractivity contribution in [1.82, 2.24) is 10.6 Å². The van der Waals surface area contributed by atoms with Crippen molar-refractivity contribution in [3.8, 4) is 0 Å². The number of ether oxygens (including phenoxy) is 1.